The fourth-order valence-electron chi connectivity index (χ4n) is 3.05. The van der Waals surface area contributed by atoms with Crippen LogP contribution >= 0.6 is 0 Å². The largest absolute Gasteiger partial charge is 0.394 e. The van der Waals surface area contributed by atoms with Crippen LogP contribution in [0, 0.1) is 0 Å². The van der Waals surface area contributed by atoms with Crippen molar-refractivity contribution in [1.82, 2.24) is 9.13 Å². The molecule has 25 heavy (non-hydrogen) atoms. The second-order valence-electron chi connectivity index (χ2n) is 6.03. The van der Waals surface area contributed by atoms with Crippen LogP contribution in [0.2, 0.25) is 0 Å². The molecule has 2 heterocycles. The van der Waals surface area contributed by atoms with Crippen LogP contribution < -0.4 is 11.2 Å². The molecule has 0 aliphatic carbocycles. The lowest BCUT2D eigenvalue weighted by Crippen LogP contribution is -2.44. The van der Waals surface area contributed by atoms with E-state index in [0.29, 0.717) is 0 Å². The Bertz CT molecular complexity index is 846. The van der Waals surface area contributed by atoms with Crippen molar-refractivity contribution < 1.29 is 20.1 Å². The number of hydrogen-bond donors (Lipinski definition) is 3. The zero-order valence-corrected chi connectivity index (χ0v) is 13.6. The molecule has 1 aliphatic rings. The van der Waals surface area contributed by atoms with Crippen LogP contribution in [0.3, 0.4) is 0 Å². The summed E-state index contributed by atoms with van der Waals surface area (Å²) in [7, 11) is 0. The highest BCUT2D eigenvalue weighted by molar-refractivity contribution is 5.19. The Labute approximate surface area is 143 Å². The van der Waals surface area contributed by atoms with E-state index in [4.69, 9.17) is 4.74 Å². The first kappa shape index (κ1) is 17.6. The van der Waals surface area contributed by atoms with E-state index < -0.39 is 48.4 Å². The van der Waals surface area contributed by atoms with Crippen LogP contribution in [0.25, 0.3) is 0 Å². The molecule has 5 atom stereocenters. The Morgan fingerprint density at radius 1 is 1.12 bits per heavy atom. The van der Waals surface area contributed by atoms with E-state index in [1.165, 1.54) is 12.3 Å². The number of ether oxygens (including phenoxy) is 1. The Hall–Kier alpha value is -2.26. The van der Waals surface area contributed by atoms with Gasteiger partial charge in [-0.2, -0.15) is 0 Å². The fourth-order valence-corrected chi connectivity index (χ4v) is 3.05. The summed E-state index contributed by atoms with van der Waals surface area (Å²) in [6.45, 7) is 1.23. The van der Waals surface area contributed by atoms with Crippen LogP contribution in [0.15, 0.2) is 52.2 Å². The average Bonchev–Trinajstić information content (AvgIpc) is 2.90. The zero-order chi connectivity index (χ0) is 18.1. The summed E-state index contributed by atoms with van der Waals surface area (Å²) >= 11 is 0. The van der Waals surface area contributed by atoms with E-state index in [1.54, 1.807) is 19.1 Å². The topological polar surface area (TPSA) is 114 Å². The lowest BCUT2D eigenvalue weighted by atomic mass is 10.1. The molecule has 0 spiro atoms. The van der Waals surface area contributed by atoms with Crippen LogP contribution in [0.5, 0.6) is 0 Å². The monoisotopic (exact) mass is 348 g/mol. The van der Waals surface area contributed by atoms with Gasteiger partial charge in [-0.1, -0.05) is 30.3 Å². The highest BCUT2D eigenvalue weighted by Gasteiger charge is 2.44. The molecule has 3 N–H and O–H groups in total. The molecule has 0 saturated carbocycles. The SMILES string of the molecule is CC(c1ccccc1)n1c(=O)ccn([C@@H]2O[C@H](CO)[C@@H](O)[C@@H]2O)c1=O. The van der Waals surface area contributed by atoms with Gasteiger partial charge in [0.2, 0.25) is 0 Å². The van der Waals surface area contributed by atoms with Gasteiger partial charge < -0.3 is 20.1 Å². The summed E-state index contributed by atoms with van der Waals surface area (Å²) in [4.78, 5) is 25.1. The van der Waals surface area contributed by atoms with Crippen molar-refractivity contribution in [1.29, 1.82) is 0 Å². The third-order valence-corrected chi connectivity index (χ3v) is 4.50. The minimum absolute atomic E-state index is 0.482. The maximum absolute atomic E-state index is 12.8. The van der Waals surface area contributed by atoms with E-state index in [1.807, 2.05) is 18.2 Å². The number of nitrogens with zero attached hydrogens (tertiary/aromatic N) is 2. The zero-order valence-electron chi connectivity index (χ0n) is 13.6. The first-order chi connectivity index (χ1) is 12.0. The molecule has 0 amide bonds. The lowest BCUT2D eigenvalue weighted by Gasteiger charge is -2.21. The smallest absolute Gasteiger partial charge is 0.333 e. The van der Waals surface area contributed by atoms with E-state index in [0.717, 1.165) is 14.7 Å². The van der Waals surface area contributed by atoms with Crippen molar-refractivity contribution in [2.45, 2.75) is 37.5 Å². The van der Waals surface area contributed by atoms with Gasteiger partial charge >= 0.3 is 5.69 Å². The van der Waals surface area contributed by atoms with Gasteiger partial charge in [0.1, 0.15) is 18.3 Å². The Morgan fingerprint density at radius 2 is 1.80 bits per heavy atom. The minimum Gasteiger partial charge on any atom is -0.394 e. The summed E-state index contributed by atoms with van der Waals surface area (Å²) in [6.07, 6.45) is -3.69. The summed E-state index contributed by atoms with van der Waals surface area (Å²) < 4.78 is 7.50. The van der Waals surface area contributed by atoms with Crippen LogP contribution in [0.1, 0.15) is 24.8 Å². The summed E-state index contributed by atoms with van der Waals surface area (Å²) in [5.74, 6) is 0. The second-order valence-corrected chi connectivity index (χ2v) is 6.03. The van der Waals surface area contributed by atoms with Gasteiger partial charge in [0.15, 0.2) is 6.23 Å². The van der Waals surface area contributed by atoms with Gasteiger partial charge in [0.25, 0.3) is 5.56 Å². The van der Waals surface area contributed by atoms with Crippen molar-refractivity contribution in [2.24, 2.45) is 0 Å². The molecule has 0 bridgehead atoms. The molecule has 1 unspecified atom stereocenters. The number of benzene rings is 1. The van der Waals surface area contributed by atoms with Gasteiger partial charge in [0.05, 0.1) is 12.6 Å². The molecule has 1 saturated heterocycles. The molecular weight excluding hydrogens is 328 g/mol. The first-order valence-electron chi connectivity index (χ1n) is 7.96. The maximum atomic E-state index is 12.8. The predicted octanol–water partition coefficient (Wildman–Crippen LogP) is -0.769. The third-order valence-electron chi connectivity index (χ3n) is 4.50. The van der Waals surface area contributed by atoms with E-state index in [2.05, 4.69) is 0 Å². The predicted molar refractivity (Wildman–Crippen MR) is 88.2 cm³/mol. The third kappa shape index (κ3) is 3.05. The van der Waals surface area contributed by atoms with Gasteiger partial charge in [0, 0.05) is 12.3 Å². The Balaban J connectivity index is 2.05. The molecule has 1 aliphatic heterocycles. The van der Waals surface area contributed by atoms with Gasteiger partial charge in [-0.25, -0.2) is 4.79 Å². The van der Waals surface area contributed by atoms with E-state index in [9.17, 15) is 24.9 Å². The number of aliphatic hydroxyl groups is 3. The fraction of sp³-hybridized carbons (Fsp3) is 0.412. The number of rotatable bonds is 4. The molecule has 8 nitrogen and oxygen atoms in total. The van der Waals surface area contributed by atoms with Crippen molar-refractivity contribution >= 4 is 0 Å². The lowest BCUT2D eigenvalue weighted by molar-refractivity contribution is -0.0556. The van der Waals surface area contributed by atoms with Gasteiger partial charge in [-0.15, -0.1) is 0 Å². The number of aromatic nitrogens is 2. The molecule has 8 heteroatoms. The Morgan fingerprint density at radius 3 is 2.40 bits per heavy atom. The summed E-state index contributed by atoms with van der Waals surface area (Å²) in [5, 5.41) is 29.2. The normalized spacial score (nSPS) is 27.4. The van der Waals surface area contributed by atoms with Crippen LogP contribution in [0.4, 0.5) is 0 Å². The molecule has 0 radical (unpaired) electrons. The second kappa shape index (κ2) is 6.93. The molecule has 1 aromatic heterocycles. The minimum atomic E-state index is -1.40. The first-order valence-corrected chi connectivity index (χ1v) is 7.96. The maximum Gasteiger partial charge on any atom is 0.333 e. The van der Waals surface area contributed by atoms with Crippen LogP contribution in [-0.2, 0) is 4.74 Å². The molecule has 134 valence electrons. The van der Waals surface area contributed by atoms with Gasteiger partial charge in [-0.05, 0) is 12.5 Å². The van der Waals surface area contributed by atoms with Crippen molar-refractivity contribution in [3.05, 3.63) is 69.0 Å². The molecule has 2 aromatic rings. The average molecular weight is 348 g/mol. The molecule has 3 rings (SSSR count). The standard InChI is InChI=1S/C17H20N2O6/c1-10(11-5-3-2-4-6-11)19-13(21)7-8-18(17(19)24)16-15(23)14(22)12(9-20)25-16/h2-8,10,12,14-16,20,22-23H,9H2,1H3/t10?,12-,14-,15+,16-/m1/s1. The van der Waals surface area contributed by atoms with E-state index in [-0.39, 0.29) is 0 Å². The highest BCUT2D eigenvalue weighted by atomic mass is 16.6. The Kier molecular flexibility index (Phi) is 4.87. The number of hydrogen-bond acceptors (Lipinski definition) is 6. The molecule has 1 fully saturated rings. The van der Waals surface area contributed by atoms with Crippen molar-refractivity contribution in [3.8, 4) is 0 Å². The highest BCUT2D eigenvalue weighted by Crippen LogP contribution is 2.28. The quantitative estimate of drug-likeness (QED) is 0.669. The number of aliphatic hydroxyl groups excluding tert-OH is 3. The molecule has 1 aromatic carbocycles. The summed E-state index contributed by atoms with van der Waals surface area (Å²) in [6, 6.07) is 9.75. The molecular formula is C17H20N2O6. The summed E-state index contributed by atoms with van der Waals surface area (Å²) in [5.41, 5.74) is -0.372. The van der Waals surface area contributed by atoms with E-state index >= 15 is 0 Å². The van der Waals surface area contributed by atoms with Crippen LogP contribution in [-0.4, -0.2) is 49.4 Å². The van der Waals surface area contributed by atoms with Crippen molar-refractivity contribution in [2.75, 3.05) is 6.61 Å². The van der Waals surface area contributed by atoms with Crippen molar-refractivity contribution in [3.63, 3.8) is 0 Å². The van der Waals surface area contributed by atoms with Gasteiger partial charge in [-0.3, -0.25) is 13.9 Å².